The minimum absolute atomic E-state index is 0.0511. The fourth-order valence-corrected chi connectivity index (χ4v) is 4.56. The molecule has 0 aliphatic carbocycles. The minimum Gasteiger partial charge on any atom is -0.381 e. The van der Waals surface area contributed by atoms with Crippen molar-refractivity contribution in [3.63, 3.8) is 0 Å². The van der Waals surface area contributed by atoms with Crippen molar-refractivity contribution >= 4 is 10.0 Å². The highest BCUT2D eigenvalue weighted by atomic mass is 32.2. The summed E-state index contributed by atoms with van der Waals surface area (Å²) in [5.41, 5.74) is 0.777. The van der Waals surface area contributed by atoms with Gasteiger partial charge >= 0.3 is 0 Å². The van der Waals surface area contributed by atoms with E-state index in [4.69, 9.17) is 4.74 Å². The average molecular weight is 381 g/mol. The first-order valence-corrected chi connectivity index (χ1v) is 9.90. The van der Waals surface area contributed by atoms with Gasteiger partial charge in [0, 0.05) is 25.2 Å². The summed E-state index contributed by atoms with van der Waals surface area (Å²) in [6.45, 7) is 2.66. The molecule has 2 aromatic carbocycles. The third-order valence-corrected chi connectivity index (χ3v) is 6.28. The highest BCUT2D eigenvalue weighted by Gasteiger charge is 2.36. The van der Waals surface area contributed by atoms with Crippen LogP contribution in [0.3, 0.4) is 0 Å². The Hall–Kier alpha value is -1.83. The first-order valence-electron chi connectivity index (χ1n) is 8.42. The molecule has 26 heavy (non-hydrogen) atoms. The van der Waals surface area contributed by atoms with E-state index in [1.54, 1.807) is 19.1 Å². The topological polar surface area (TPSA) is 55.4 Å². The fourth-order valence-electron chi connectivity index (χ4n) is 3.28. The third-order valence-electron chi connectivity index (χ3n) is 4.86. The summed E-state index contributed by atoms with van der Waals surface area (Å²) in [5, 5.41) is 0. The van der Waals surface area contributed by atoms with E-state index in [-0.39, 0.29) is 17.3 Å². The first-order chi connectivity index (χ1) is 12.3. The average Bonchev–Trinajstić information content (AvgIpc) is 2.63. The number of nitrogens with one attached hydrogen (secondary N) is 1. The molecule has 0 aromatic heterocycles. The second kappa shape index (κ2) is 7.42. The van der Waals surface area contributed by atoms with E-state index in [9.17, 15) is 17.2 Å². The van der Waals surface area contributed by atoms with Crippen LogP contribution in [-0.4, -0.2) is 28.2 Å². The van der Waals surface area contributed by atoms with Crippen LogP contribution in [0.2, 0.25) is 0 Å². The molecule has 2 aromatic rings. The zero-order chi connectivity index (χ0) is 18.8. The molecule has 0 unspecified atom stereocenters. The van der Waals surface area contributed by atoms with Gasteiger partial charge in [0.2, 0.25) is 10.0 Å². The summed E-state index contributed by atoms with van der Waals surface area (Å²) in [4.78, 5) is -0.376. The van der Waals surface area contributed by atoms with Gasteiger partial charge in [0.05, 0.1) is 0 Å². The second-order valence-corrected chi connectivity index (χ2v) is 8.40. The Kier molecular flexibility index (Phi) is 5.41. The first kappa shape index (κ1) is 18.9. The van der Waals surface area contributed by atoms with Gasteiger partial charge in [0.1, 0.15) is 16.5 Å². The van der Waals surface area contributed by atoms with Crippen LogP contribution >= 0.6 is 0 Å². The van der Waals surface area contributed by atoms with Crippen molar-refractivity contribution in [1.29, 1.82) is 0 Å². The Morgan fingerprint density at radius 2 is 1.85 bits per heavy atom. The van der Waals surface area contributed by atoms with Gasteiger partial charge in [-0.2, -0.15) is 0 Å². The molecule has 0 atom stereocenters. The van der Waals surface area contributed by atoms with Gasteiger partial charge in [0.15, 0.2) is 0 Å². The Balaban J connectivity index is 1.90. The molecule has 1 heterocycles. The van der Waals surface area contributed by atoms with E-state index in [0.29, 0.717) is 37.2 Å². The van der Waals surface area contributed by atoms with E-state index in [1.807, 2.05) is 0 Å². The SMILES string of the molecule is Cc1ccc(F)c(S(=O)(=O)NCC2(c3cccc(F)c3)CCOCC2)c1. The van der Waals surface area contributed by atoms with Crippen LogP contribution in [0.15, 0.2) is 47.4 Å². The molecular formula is C19H21F2NO3S. The van der Waals surface area contributed by atoms with Crippen LogP contribution in [-0.2, 0) is 20.2 Å². The number of sulfonamides is 1. The van der Waals surface area contributed by atoms with Gasteiger partial charge in [-0.15, -0.1) is 0 Å². The molecule has 0 amide bonds. The van der Waals surface area contributed by atoms with Crippen molar-refractivity contribution in [2.75, 3.05) is 19.8 Å². The number of ether oxygens (including phenoxy) is 1. The lowest BCUT2D eigenvalue weighted by molar-refractivity contribution is 0.0516. The van der Waals surface area contributed by atoms with Crippen molar-refractivity contribution in [2.45, 2.75) is 30.1 Å². The highest BCUT2D eigenvalue weighted by molar-refractivity contribution is 7.89. The molecule has 4 nitrogen and oxygen atoms in total. The van der Waals surface area contributed by atoms with Crippen LogP contribution in [0.1, 0.15) is 24.0 Å². The van der Waals surface area contributed by atoms with E-state index in [2.05, 4.69) is 4.72 Å². The maximum atomic E-state index is 14.0. The van der Waals surface area contributed by atoms with E-state index in [1.165, 1.54) is 24.3 Å². The van der Waals surface area contributed by atoms with Gasteiger partial charge in [-0.3, -0.25) is 0 Å². The zero-order valence-corrected chi connectivity index (χ0v) is 15.3. The highest BCUT2D eigenvalue weighted by Crippen LogP contribution is 2.35. The van der Waals surface area contributed by atoms with Gasteiger partial charge in [-0.25, -0.2) is 21.9 Å². The van der Waals surface area contributed by atoms with Crippen LogP contribution in [0.5, 0.6) is 0 Å². The number of hydrogen-bond donors (Lipinski definition) is 1. The predicted molar refractivity (Wildman–Crippen MR) is 94.5 cm³/mol. The van der Waals surface area contributed by atoms with Gasteiger partial charge in [-0.05, 0) is 55.2 Å². The summed E-state index contributed by atoms with van der Waals surface area (Å²) in [6, 6.07) is 10.1. The van der Waals surface area contributed by atoms with E-state index < -0.39 is 21.3 Å². The fraction of sp³-hybridized carbons (Fsp3) is 0.368. The van der Waals surface area contributed by atoms with Crippen molar-refractivity contribution in [2.24, 2.45) is 0 Å². The van der Waals surface area contributed by atoms with Gasteiger partial charge < -0.3 is 4.74 Å². The molecule has 7 heteroatoms. The number of rotatable bonds is 5. The Morgan fingerprint density at radius 1 is 1.12 bits per heavy atom. The normalized spacial score (nSPS) is 17.2. The summed E-state index contributed by atoms with van der Waals surface area (Å²) < 4.78 is 60.9. The predicted octanol–water partition coefficient (Wildman–Crippen LogP) is 3.30. The largest absolute Gasteiger partial charge is 0.381 e. The van der Waals surface area contributed by atoms with E-state index in [0.717, 1.165) is 6.07 Å². The van der Waals surface area contributed by atoms with Crippen LogP contribution in [0.4, 0.5) is 8.78 Å². The maximum absolute atomic E-state index is 14.0. The molecular weight excluding hydrogens is 360 g/mol. The summed E-state index contributed by atoms with van der Waals surface area (Å²) in [5.74, 6) is -1.17. The van der Waals surface area contributed by atoms with Crippen molar-refractivity contribution in [3.05, 3.63) is 65.2 Å². The molecule has 0 bridgehead atoms. The standard InChI is InChI=1S/C19H21F2NO3S/c1-14-5-6-17(21)18(11-14)26(23,24)22-13-19(7-9-25-10-8-19)15-3-2-4-16(20)12-15/h2-6,11-12,22H,7-10,13H2,1H3. The molecule has 3 rings (SSSR count). The quantitative estimate of drug-likeness (QED) is 0.865. The molecule has 1 aliphatic rings. The van der Waals surface area contributed by atoms with Crippen LogP contribution in [0, 0.1) is 18.6 Å². The number of hydrogen-bond acceptors (Lipinski definition) is 3. The van der Waals surface area contributed by atoms with E-state index >= 15 is 0 Å². The molecule has 0 saturated carbocycles. The lowest BCUT2D eigenvalue weighted by Crippen LogP contribution is -2.44. The molecule has 1 N–H and O–H groups in total. The minimum atomic E-state index is -4.03. The van der Waals surface area contributed by atoms with Gasteiger partial charge in [-0.1, -0.05) is 18.2 Å². The zero-order valence-electron chi connectivity index (χ0n) is 14.5. The van der Waals surface area contributed by atoms with Gasteiger partial charge in [0.25, 0.3) is 0 Å². The Morgan fingerprint density at radius 3 is 2.54 bits per heavy atom. The van der Waals surface area contributed by atoms with Crippen molar-refractivity contribution in [3.8, 4) is 0 Å². The second-order valence-electron chi connectivity index (χ2n) is 6.66. The lowest BCUT2D eigenvalue weighted by atomic mass is 9.74. The summed E-state index contributed by atoms with van der Waals surface area (Å²) in [7, 11) is -4.03. The van der Waals surface area contributed by atoms with Crippen LogP contribution in [0.25, 0.3) is 0 Å². The van der Waals surface area contributed by atoms with Crippen molar-refractivity contribution in [1.82, 2.24) is 4.72 Å². The molecule has 0 spiro atoms. The number of benzene rings is 2. The maximum Gasteiger partial charge on any atom is 0.243 e. The Labute approximate surface area is 152 Å². The Bertz CT molecular complexity index is 893. The third kappa shape index (κ3) is 3.95. The molecule has 1 saturated heterocycles. The van der Waals surface area contributed by atoms with Crippen molar-refractivity contribution < 1.29 is 21.9 Å². The van der Waals surface area contributed by atoms with Crippen LogP contribution < -0.4 is 4.72 Å². The molecule has 1 aliphatic heterocycles. The number of aryl methyl sites for hydroxylation is 1. The molecule has 140 valence electrons. The molecule has 1 fully saturated rings. The summed E-state index contributed by atoms with van der Waals surface area (Å²) >= 11 is 0. The molecule has 0 radical (unpaired) electrons. The number of halogens is 2. The summed E-state index contributed by atoms with van der Waals surface area (Å²) in [6.07, 6.45) is 1.10. The monoisotopic (exact) mass is 381 g/mol. The lowest BCUT2D eigenvalue weighted by Gasteiger charge is -2.38. The smallest absolute Gasteiger partial charge is 0.243 e.